The molecule has 0 aliphatic carbocycles. The number of nitrogens with one attached hydrogen (secondary N) is 3. The predicted octanol–water partition coefficient (Wildman–Crippen LogP) is 0.839. The molecule has 0 aromatic carbocycles. The smallest absolute Gasteiger partial charge is 0.355 e. The first-order valence-electron chi connectivity index (χ1n) is 7.46. The monoisotopic (exact) mass is 329 g/mol. The Morgan fingerprint density at radius 2 is 1.95 bits per heavy atom. The highest BCUT2D eigenvalue weighted by Gasteiger charge is 2.29. The predicted molar refractivity (Wildman–Crippen MR) is 82.4 cm³/mol. The molecule has 1 aromatic rings. The molecule has 1 fully saturated rings. The van der Waals surface area contributed by atoms with Crippen molar-refractivity contribution in [3.05, 3.63) is 17.0 Å². The molecule has 0 bridgehead atoms. The summed E-state index contributed by atoms with van der Waals surface area (Å²) in [6.07, 6.45) is 1.51. The van der Waals surface area contributed by atoms with E-state index in [1.807, 2.05) is 0 Å². The van der Waals surface area contributed by atoms with Crippen LogP contribution in [-0.2, 0) is 14.8 Å². The summed E-state index contributed by atoms with van der Waals surface area (Å²) in [6, 6.07) is -0.0778. The number of hydrogen-bond donors (Lipinski definition) is 3. The molecule has 0 amide bonds. The van der Waals surface area contributed by atoms with Crippen molar-refractivity contribution in [3.63, 3.8) is 0 Å². The Labute approximate surface area is 130 Å². The van der Waals surface area contributed by atoms with Crippen LogP contribution in [0.1, 0.15) is 41.5 Å². The first-order valence-corrected chi connectivity index (χ1v) is 8.94. The van der Waals surface area contributed by atoms with Gasteiger partial charge in [-0.2, -0.15) is 0 Å². The van der Waals surface area contributed by atoms with Gasteiger partial charge in [-0.1, -0.05) is 0 Å². The minimum atomic E-state index is -3.67. The van der Waals surface area contributed by atoms with Gasteiger partial charge in [0.2, 0.25) is 10.0 Å². The van der Waals surface area contributed by atoms with Gasteiger partial charge in [0.05, 0.1) is 6.61 Å². The highest BCUT2D eigenvalue weighted by atomic mass is 32.2. The number of sulfonamides is 1. The average molecular weight is 329 g/mol. The van der Waals surface area contributed by atoms with Crippen LogP contribution < -0.4 is 10.0 Å². The molecule has 7 nitrogen and oxygen atoms in total. The molecule has 22 heavy (non-hydrogen) atoms. The van der Waals surface area contributed by atoms with Crippen LogP contribution in [0.4, 0.5) is 0 Å². The zero-order valence-electron chi connectivity index (χ0n) is 13.2. The minimum absolute atomic E-state index is 0.0778. The first-order chi connectivity index (χ1) is 10.4. The van der Waals surface area contributed by atoms with Crippen molar-refractivity contribution in [3.8, 4) is 0 Å². The number of aryl methyl sites for hydroxylation is 1. The topological polar surface area (TPSA) is 100 Å². The van der Waals surface area contributed by atoms with Gasteiger partial charge in [0.15, 0.2) is 0 Å². The second kappa shape index (κ2) is 6.80. The van der Waals surface area contributed by atoms with Crippen LogP contribution in [0.15, 0.2) is 4.90 Å². The van der Waals surface area contributed by atoms with Gasteiger partial charge in [-0.15, -0.1) is 0 Å². The van der Waals surface area contributed by atoms with Crippen LogP contribution in [0.5, 0.6) is 0 Å². The molecule has 1 saturated heterocycles. The van der Waals surface area contributed by atoms with Crippen LogP contribution in [-0.4, -0.2) is 45.1 Å². The zero-order valence-corrected chi connectivity index (χ0v) is 14.0. The Bertz CT molecular complexity index is 645. The van der Waals surface area contributed by atoms with Gasteiger partial charge in [0, 0.05) is 17.3 Å². The summed E-state index contributed by atoms with van der Waals surface area (Å²) in [5, 5.41) is 3.19. The molecule has 2 heterocycles. The second-order valence-corrected chi connectivity index (χ2v) is 7.10. The number of aromatic nitrogens is 1. The molecule has 124 valence electrons. The quantitative estimate of drug-likeness (QED) is 0.695. The SMILES string of the molecule is CCOC(=O)c1[nH]c(C)c(S(=O)(=O)NC2CCNCC2)c1C. The van der Waals surface area contributed by atoms with Gasteiger partial charge in [-0.05, 0) is 46.7 Å². The van der Waals surface area contributed by atoms with Crippen molar-refractivity contribution in [2.75, 3.05) is 19.7 Å². The van der Waals surface area contributed by atoms with Gasteiger partial charge in [-0.25, -0.2) is 17.9 Å². The maximum Gasteiger partial charge on any atom is 0.355 e. The molecule has 0 unspecified atom stereocenters. The number of H-pyrrole nitrogens is 1. The Morgan fingerprint density at radius 1 is 1.32 bits per heavy atom. The van der Waals surface area contributed by atoms with Crippen molar-refractivity contribution in [1.82, 2.24) is 15.0 Å². The number of aromatic amines is 1. The van der Waals surface area contributed by atoms with Crippen molar-refractivity contribution in [2.24, 2.45) is 0 Å². The summed E-state index contributed by atoms with van der Waals surface area (Å²) >= 11 is 0. The van der Waals surface area contributed by atoms with E-state index >= 15 is 0 Å². The third kappa shape index (κ3) is 3.50. The summed E-state index contributed by atoms with van der Waals surface area (Å²) < 4.78 is 32.9. The summed E-state index contributed by atoms with van der Waals surface area (Å²) in [5.41, 5.74) is 1.05. The van der Waals surface area contributed by atoms with Gasteiger partial charge in [-0.3, -0.25) is 0 Å². The molecule has 3 N–H and O–H groups in total. The largest absolute Gasteiger partial charge is 0.461 e. The Hall–Kier alpha value is -1.38. The van der Waals surface area contributed by atoms with E-state index in [9.17, 15) is 13.2 Å². The van der Waals surface area contributed by atoms with E-state index in [-0.39, 0.29) is 23.2 Å². The molecule has 1 aromatic heterocycles. The summed E-state index contributed by atoms with van der Waals surface area (Å²) in [5.74, 6) is -0.536. The summed E-state index contributed by atoms with van der Waals surface area (Å²) in [6.45, 7) is 6.81. The van der Waals surface area contributed by atoms with E-state index in [4.69, 9.17) is 4.74 Å². The van der Waals surface area contributed by atoms with Gasteiger partial charge in [0.25, 0.3) is 0 Å². The third-order valence-electron chi connectivity index (χ3n) is 3.78. The summed E-state index contributed by atoms with van der Waals surface area (Å²) in [7, 11) is -3.67. The third-order valence-corrected chi connectivity index (χ3v) is 5.57. The molecular formula is C14H23N3O4S. The maximum atomic E-state index is 12.6. The lowest BCUT2D eigenvalue weighted by molar-refractivity contribution is 0.0519. The molecule has 0 radical (unpaired) electrons. The molecule has 0 saturated carbocycles. The van der Waals surface area contributed by atoms with Crippen LogP contribution in [0.3, 0.4) is 0 Å². The fourth-order valence-corrected chi connectivity index (χ4v) is 4.51. The van der Waals surface area contributed by atoms with E-state index in [0.29, 0.717) is 11.3 Å². The molecule has 2 rings (SSSR count). The first kappa shape index (κ1) is 17.0. The van der Waals surface area contributed by atoms with E-state index in [1.165, 1.54) is 0 Å². The number of rotatable bonds is 5. The van der Waals surface area contributed by atoms with Crippen molar-refractivity contribution >= 4 is 16.0 Å². The second-order valence-electron chi connectivity index (χ2n) is 5.45. The van der Waals surface area contributed by atoms with Gasteiger partial charge < -0.3 is 15.0 Å². The lowest BCUT2D eigenvalue weighted by Gasteiger charge is -2.23. The number of carbonyl (C=O) groups is 1. The van der Waals surface area contributed by atoms with E-state index in [0.717, 1.165) is 25.9 Å². The van der Waals surface area contributed by atoms with Gasteiger partial charge in [0.1, 0.15) is 10.6 Å². The lowest BCUT2D eigenvalue weighted by atomic mass is 10.1. The fourth-order valence-electron chi connectivity index (χ4n) is 2.76. The van der Waals surface area contributed by atoms with E-state index in [1.54, 1.807) is 20.8 Å². The van der Waals surface area contributed by atoms with E-state index in [2.05, 4.69) is 15.0 Å². The Morgan fingerprint density at radius 3 is 2.55 bits per heavy atom. The number of carbonyl (C=O) groups excluding carboxylic acids is 1. The number of hydrogen-bond acceptors (Lipinski definition) is 5. The minimum Gasteiger partial charge on any atom is -0.461 e. The van der Waals surface area contributed by atoms with Crippen LogP contribution in [0, 0.1) is 13.8 Å². The van der Waals surface area contributed by atoms with Crippen molar-refractivity contribution in [2.45, 2.75) is 44.6 Å². The number of ether oxygens (including phenoxy) is 1. The average Bonchev–Trinajstić information content (AvgIpc) is 2.75. The van der Waals surface area contributed by atoms with Gasteiger partial charge >= 0.3 is 5.97 Å². The normalized spacial score (nSPS) is 16.7. The highest BCUT2D eigenvalue weighted by Crippen LogP contribution is 2.24. The molecule has 8 heteroatoms. The maximum absolute atomic E-state index is 12.6. The van der Waals surface area contributed by atoms with Crippen LogP contribution in [0.25, 0.3) is 0 Å². The molecular weight excluding hydrogens is 306 g/mol. The molecule has 1 aliphatic rings. The molecule has 0 atom stereocenters. The molecule has 1 aliphatic heterocycles. The number of esters is 1. The zero-order chi connectivity index (χ0) is 16.3. The Kier molecular flexibility index (Phi) is 5.25. The molecule has 0 spiro atoms. The standard InChI is InChI=1S/C14H23N3O4S/c1-4-21-14(18)12-9(2)13(10(3)16-12)22(19,20)17-11-5-7-15-8-6-11/h11,15-17H,4-8H2,1-3H3. The fraction of sp³-hybridized carbons (Fsp3) is 0.643. The highest BCUT2D eigenvalue weighted by molar-refractivity contribution is 7.89. The summed E-state index contributed by atoms with van der Waals surface area (Å²) in [4.78, 5) is 14.9. The van der Waals surface area contributed by atoms with Crippen molar-refractivity contribution < 1.29 is 17.9 Å². The van der Waals surface area contributed by atoms with E-state index < -0.39 is 16.0 Å². The Balaban J connectivity index is 2.28. The van der Waals surface area contributed by atoms with Crippen LogP contribution in [0.2, 0.25) is 0 Å². The van der Waals surface area contributed by atoms with Crippen LogP contribution >= 0.6 is 0 Å². The lowest BCUT2D eigenvalue weighted by Crippen LogP contribution is -2.42. The number of piperidine rings is 1. The van der Waals surface area contributed by atoms with Crippen molar-refractivity contribution in [1.29, 1.82) is 0 Å².